The zero-order chi connectivity index (χ0) is 12.2. The lowest BCUT2D eigenvalue weighted by Gasteiger charge is -2.18. The van der Waals surface area contributed by atoms with Crippen LogP contribution in [0.15, 0.2) is 0 Å². The Morgan fingerprint density at radius 1 is 1.35 bits per heavy atom. The summed E-state index contributed by atoms with van der Waals surface area (Å²) in [5, 5.41) is 8.66. The van der Waals surface area contributed by atoms with Gasteiger partial charge in [-0.25, -0.2) is 0 Å². The molecule has 0 aromatic carbocycles. The molecule has 0 spiro atoms. The molecule has 1 saturated heterocycles. The number of hydrogen-bond acceptors (Lipinski definition) is 3. The summed E-state index contributed by atoms with van der Waals surface area (Å²) in [6.45, 7) is 7.29. The fourth-order valence-electron chi connectivity index (χ4n) is 1.48. The zero-order valence-electron chi connectivity index (χ0n) is 10.6. The molecule has 1 aliphatic rings. The van der Waals surface area contributed by atoms with E-state index in [-0.39, 0.29) is 36.8 Å². The predicted octanol–water partition coefficient (Wildman–Crippen LogP) is 0.0486. The van der Waals surface area contributed by atoms with Gasteiger partial charge in [-0.05, 0) is 13.0 Å². The van der Waals surface area contributed by atoms with E-state index in [0.717, 1.165) is 19.5 Å². The average Bonchev–Trinajstić information content (AvgIpc) is 2.65. The summed E-state index contributed by atoms with van der Waals surface area (Å²) in [6.07, 6.45) is 0.957. The van der Waals surface area contributed by atoms with E-state index in [1.807, 2.05) is 20.8 Å². The van der Waals surface area contributed by atoms with Gasteiger partial charge in [0.25, 0.3) is 0 Å². The van der Waals surface area contributed by atoms with Crippen molar-refractivity contribution in [3.63, 3.8) is 0 Å². The van der Waals surface area contributed by atoms with Crippen LogP contribution in [-0.4, -0.2) is 37.5 Å². The van der Waals surface area contributed by atoms with Crippen molar-refractivity contribution >= 4 is 24.2 Å². The van der Waals surface area contributed by atoms with Gasteiger partial charge in [0.05, 0.1) is 6.54 Å². The molecular weight excluding hydrogens is 242 g/mol. The van der Waals surface area contributed by atoms with Gasteiger partial charge < -0.3 is 16.0 Å². The molecular formula is C11H22ClN3O2. The molecule has 3 N–H and O–H groups in total. The number of halogens is 1. The van der Waals surface area contributed by atoms with E-state index in [4.69, 9.17) is 0 Å². The quantitative estimate of drug-likeness (QED) is 0.674. The van der Waals surface area contributed by atoms with Gasteiger partial charge >= 0.3 is 0 Å². The highest BCUT2D eigenvalue weighted by atomic mass is 35.5. The molecule has 1 heterocycles. The normalized spacial score (nSPS) is 19.4. The van der Waals surface area contributed by atoms with Crippen LogP contribution in [0, 0.1) is 5.41 Å². The van der Waals surface area contributed by atoms with Crippen LogP contribution >= 0.6 is 12.4 Å². The van der Waals surface area contributed by atoms with Crippen molar-refractivity contribution in [3.05, 3.63) is 0 Å². The second-order valence-electron chi connectivity index (χ2n) is 5.19. The third kappa shape index (κ3) is 5.89. The Labute approximate surface area is 109 Å². The lowest BCUT2D eigenvalue weighted by molar-refractivity contribution is -0.131. The van der Waals surface area contributed by atoms with Crippen molar-refractivity contribution in [2.45, 2.75) is 33.2 Å². The molecule has 0 aliphatic carbocycles. The first kappa shape index (κ1) is 16.2. The minimum Gasteiger partial charge on any atom is -0.351 e. The molecule has 1 aliphatic heterocycles. The lowest BCUT2D eigenvalue weighted by atomic mass is 9.96. The van der Waals surface area contributed by atoms with Gasteiger partial charge in [0.1, 0.15) is 0 Å². The largest absolute Gasteiger partial charge is 0.351 e. The van der Waals surface area contributed by atoms with E-state index in [2.05, 4.69) is 16.0 Å². The standard InChI is InChI=1S/C11H21N3O2.ClH/c1-11(2,3)10(16)13-7-9(15)14-8-4-5-12-6-8;/h8,12H,4-7H2,1-3H3,(H,13,16)(H,14,15);1H. The molecule has 17 heavy (non-hydrogen) atoms. The van der Waals surface area contributed by atoms with Gasteiger partial charge in [0.2, 0.25) is 11.8 Å². The Morgan fingerprint density at radius 3 is 2.47 bits per heavy atom. The molecule has 0 aromatic rings. The van der Waals surface area contributed by atoms with Crippen molar-refractivity contribution in [2.75, 3.05) is 19.6 Å². The first-order valence-corrected chi connectivity index (χ1v) is 5.68. The minimum absolute atomic E-state index is 0. The van der Waals surface area contributed by atoms with E-state index < -0.39 is 5.41 Å². The summed E-state index contributed by atoms with van der Waals surface area (Å²) in [6, 6.07) is 0.207. The summed E-state index contributed by atoms with van der Waals surface area (Å²) in [4.78, 5) is 23.0. The Bertz CT molecular complexity index is 270. The molecule has 0 saturated carbocycles. The molecule has 5 nitrogen and oxygen atoms in total. The summed E-state index contributed by atoms with van der Waals surface area (Å²) in [5.74, 6) is -0.224. The maximum Gasteiger partial charge on any atom is 0.239 e. The Morgan fingerprint density at radius 2 is 2.00 bits per heavy atom. The molecule has 6 heteroatoms. The van der Waals surface area contributed by atoms with E-state index in [1.54, 1.807) is 0 Å². The van der Waals surface area contributed by atoms with Crippen molar-refractivity contribution < 1.29 is 9.59 Å². The van der Waals surface area contributed by atoms with Gasteiger partial charge in [-0.3, -0.25) is 9.59 Å². The van der Waals surface area contributed by atoms with Gasteiger partial charge in [0, 0.05) is 18.0 Å². The summed E-state index contributed by atoms with van der Waals surface area (Å²) in [7, 11) is 0. The summed E-state index contributed by atoms with van der Waals surface area (Å²) < 4.78 is 0. The third-order valence-corrected chi connectivity index (χ3v) is 2.52. The van der Waals surface area contributed by atoms with Crippen LogP contribution in [0.3, 0.4) is 0 Å². The van der Waals surface area contributed by atoms with Crippen LogP contribution in [0.2, 0.25) is 0 Å². The number of hydrogen-bond donors (Lipinski definition) is 3. The molecule has 100 valence electrons. The first-order chi connectivity index (χ1) is 7.39. The second kappa shape index (κ2) is 6.81. The Balaban J connectivity index is 0.00000256. The Kier molecular flexibility index (Phi) is 6.49. The summed E-state index contributed by atoms with van der Waals surface area (Å²) in [5.41, 5.74) is -0.449. The van der Waals surface area contributed by atoms with Crippen LogP contribution in [0.5, 0.6) is 0 Å². The number of rotatable bonds is 3. The van der Waals surface area contributed by atoms with E-state index in [1.165, 1.54) is 0 Å². The van der Waals surface area contributed by atoms with E-state index in [0.29, 0.717) is 0 Å². The average molecular weight is 264 g/mol. The predicted molar refractivity (Wildman–Crippen MR) is 69.1 cm³/mol. The van der Waals surface area contributed by atoms with Gasteiger partial charge in [-0.1, -0.05) is 20.8 Å². The van der Waals surface area contributed by atoms with Crippen molar-refractivity contribution in [1.29, 1.82) is 0 Å². The van der Waals surface area contributed by atoms with E-state index >= 15 is 0 Å². The first-order valence-electron chi connectivity index (χ1n) is 5.68. The zero-order valence-corrected chi connectivity index (χ0v) is 11.4. The van der Waals surface area contributed by atoms with Gasteiger partial charge in [-0.15, -0.1) is 12.4 Å². The number of nitrogens with one attached hydrogen (secondary N) is 3. The maximum atomic E-state index is 11.5. The van der Waals surface area contributed by atoms with Gasteiger partial charge in [0.15, 0.2) is 0 Å². The van der Waals surface area contributed by atoms with Crippen LogP contribution in [-0.2, 0) is 9.59 Å². The molecule has 0 bridgehead atoms. The van der Waals surface area contributed by atoms with Crippen LogP contribution in [0.1, 0.15) is 27.2 Å². The van der Waals surface area contributed by atoms with Crippen LogP contribution < -0.4 is 16.0 Å². The molecule has 1 rings (SSSR count). The fraction of sp³-hybridized carbons (Fsp3) is 0.818. The van der Waals surface area contributed by atoms with Gasteiger partial charge in [-0.2, -0.15) is 0 Å². The maximum absolute atomic E-state index is 11.5. The van der Waals surface area contributed by atoms with Crippen molar-refractivity contribution in [1.82, 2.24) is 16.0 Å². The highest BCUT2D eigenvalue weighted by Gasteiger charge is 2.22. The molecule has 2 amide bonds. The van der Waals surface area contributed by atoms with Crippen molar-refractivity contribution in [3.8, 4) is 0 Å². The highest BCUT2D eigenvalue weighted by molar-refractivity contribution is 5.87. The van der Waals surface area contributed by atoms with Crippen molar-refractivity contribution in [2.24, 2.45) is 5.41 Å². The second-order valence-corrected chi connectivity index (χ2v) is 5.19. The molecule has 1 atom stereocenters. The summed E-state index contributed by atoms with van der Waals surface area (Å²) >= 11 is 0. The third-order valence-electron chi connectivity index (χ3n) is 2.52. The Hall–Kier alpha value is -0.810. The minimum atomic E-state index is -0.449. The van der Waals surface area contributed by atoms with Crippen LogP contribution in [0.4, 0.5) is 0 Å². The number of carbonyl (C=O) groups excluding carboxylic acids is 2. The SMILES string of the molecule is CC(C)(C)C(=O)NCC(=O)NC1CCNC1.Cl. The number of amides is 2. The fourth-order valence-corrected chi connectivity index (χ4v) is 1.48. The molecule has 1 unspecified atom stereocenters. The smallest absolute Gasteiger partial charge is 0.239 e. The topological polar surface area (TPSA) is 70.2 Å². The highest BCUT2D eigenvalue weighted by Crippen LogP contribution is 2.11. The molecule has 0 radical (unpaired) electrons. The molecule has 0 aromatic heterocycles. The van der Waals surface area contributed by atoms with Crippen LogP contribution in [0.25, 0.3) is 0 Å². The lowest BCUT2D eigenvalue weighted by Crippen LogP contribution is -2.45. The van der Waals surface area contributed by atoms with E-state index in [9.17, 15) is 9.59 Å². The monoisotopic (exact) mass is 263 g/mol. The molecule has 1 fully saturated rings. The number of carbonyl (C=O) groups is 2.